The van der Waals surface area contributed by atoms with Gasteiger partial charge in [0.1, 0.15) is 6.04 Å². The molecule has 1 N–H and O–H groups in total. The number of esters is 1. The fourth-order valence-electron chi connectivity index (χ4n) is 1.05. The van der Waals surface area contributed by atoms with Gasteiger partial charge in [-0.15, -0.1) is 0 Å². The predicted octanol–water partition coefficient (Wildman–Crippen LogP) is -0.0603. The highest BCUT2D eigenvalue weighted by atomic mass is 16.5. The lowest BCUT2D eigenvalue weighted by molar-refractivity contribution is -0.142. The molecular formula is C7H12N2O2. The number of nitrogens with zero attached hydrogens (tertiary/aromatic N) is 1. The lowest BCUT2D eigenvalue weighted by Crippen LogP contribution is -2.43. The third kappa shape index (κ3) is 1.93. The molecule has 1 atom stereocenters. The predicted molar refractivity (Wildman–Crippen MR) is 41.5 cm³/mol. The Kier molecular flexibility index (Phi) is 2.46. The first-order valence-corrected chi connectivity index (χ1v) is 3.59. The first kappa shape index (κ1) is 8.04. The molecule has 0 saturated heterocycles. The van der Waals surface area contributed by atoms with Gasteiger partial charge in [-0.3, -0.25) is 4.99 Å². The molecule has 0 aromatic carbocycles. The van der Waals surface area contributed by atoms with Crippen LogP contribution in [-0.4, -0.2) is 31.5 Å². The highest BCUT2D eigenvalue weighted by molar-refractivity contribution is 5.87. The van der Waals surface area contributed by atoms with Crippen molar-refractivity contribution in [3.05, 3.63) is 0 Å². The number of rotatable bonds is 1. The van der Waals surface area contributed by atoms with Gasteiger partial charge in [-0.05, 0) is 13.3 Å². The molecular weight excluding hydrogens is 144 g/mol. The second-order valence-corrected chi connectivity index (χ2v) is 2.48. The lowest BCUT2D eigenvalue weighted by Gasteiger charge is -2.20. The molecule has 4 nitrogen and oxygen atoms in total. The maximum absolute atomic E-state index is 11.0. The van der Waals surface area contributed by atoms with E-state index in [1.807, 2.05) is 6.92 Å². The zero-order chi connectivity index (χ0) is 8.27. The molecule has 4 heteroatoms. The van der Waals surface area contributed by atoms with Crippen LogP contribution in [0, 0.1) is 0 Å². The molecule has 1 heterocycles. The van der Waals surface area contributed by atoms with E-state index < -0.39 is 0 Å². The van der Waals surface area contributed by atoms with Gasteiger partial charge in [-0.25, -0.2) is 4.79 Å². The van der Waals surface area contributed by atoms with E-state index in [1.54, 1.807) is 0 Å². The summed E-state index contributed by atoms with van der Waals surface area (Å²) in [7, 11) is 1.39. The number of aliphatic imine (C=N–C) groups is 1. The van der Waals surface area contributed by atoms with Crippen molar-refractivity contribution in [2.45, 2.75) is 19.4 Å². The van der Waals surface area contributed by atoms with Gasteiger partial charge >= 0.3 is 5.97 Å². The second kappa shape index (κ2) is 3.37. The molecule has 0 radical (unpaired) electrons. The molecule has 0 saturated carbocycles. The van der Waals surface area contributed by atoms with Gasteiger partial charge in [0.2, 0.25) is 0 Å². The summed E-state index contributed by atoms with van der Waals surface area (Å²) in [5.41, 5.74) is 0. The van der Waals surface area contributed by atoms with Crippen LogP contribution >= 0.6 is 0 Å². The maximum atomic E-state index is 11.0. The molecule has 0 fully saturated rings. The number of amidine groups is 1. The monoisotopic (exact) mass is 156 g/mol. The van der Waals surface area contributed by atoms with Gasteiger partial charge in [0, 0.05) is 6.54 Å². The van der Waals surface area contributed by atoms with Crippen molar-refractivity contribution in [2.75, 3.05) is 13.7 Å². The van der Waals surface area contributed by atoms with E-state index in [1.165, 1.54) is 7.11 Å². The van der Waals surface area contributed by atoms with Crippen molar-refractivity contribution >= 4 is 11.8 Å². The molecule has 0 aromatic heterocycles. The largest absolute Gasteiger partial charge is 0.467 e. The van der Waals surface area contributed by atoms with Gasteiger partial charge in [0.05, 0.1) is 12.9 Å². The fourth-order valence-corrected chi connectivity index (χ4v) is 1.05. The second-order valence-electron chi connectivity index (χ2n) is 2.48. The quantitative estimate of drug-likeness (QED) is 0.541. The van der Waals surface area contributed by atoms with Crippen molar-refractivity contribution < 1.29 is 9.53 Å². The number of carbonyl (C=O) groups excluding carboxylic acids is 1. The molecule has 0 spiro atoms. The summed E-state index contributed by atoms with van der Waals surface area (Å²) >= 11 is 0. The number of nitrogens with one attached hydrogen (secondary N) is 1. The summed E-state index contributed by atoms with van der Waals surface area (Å²) in [5.74, 6) is 0.603. The van der Waals surface area contributed by atoms with Gasteiger partial charge < -0.3 is 10.1 Å². The summed E-state index contributed by atoms with van der Waals surface area (Å²) in [6.45, 7) is 2.55. The number of carbonyl (C=O) groups is 1. The van der Waals surface area contributed by atoms with Crippen LogP contribution in [0.4, 0.5) is 0 Å². The van der Waals surface area contributed by atoms with E-state index in [-0.39, 0.29) is 12.0 Å². The number of hydrogen-bond acceptors (Lipinski definition) is 4. The average molecular weight is 156 g/mol. The first-order valence-electron chi connectivity index (χ1n) is 3.59. The third-order valence-electron chi connectivity index (χ3n) is 1.64. The summed E-state index contributed by atoms with van der Waals surface area (Å²) in [4.78, 5) is 15.1. The van der Waals surface area contributed by atoms with E-state index in [2.05, 4.69) is 15.0 Å². The molecule has 0 bridgehead atoms. The fraction of sp³-hybridized carbons (Fsp3) is 0.714. The summed E-state index contributed by atoms with van der Waals surface area (Å²) in [6.07, 6.45) is 0.726. The van der Waals surface area contributed by atoms with Crippen LogP contribution in [0.1, 0.15) is 13.3 Å². The molecule has 1 rings (SSSR count). The van der Waals surface area contributed by atoms with E-state index in [0.717, 1.165) is 12.3 Å². The van der Waals surface area contributed by atoms with Gasteiger partial charge in [0.15, 0.2) is 0 Å². The summed E-state index contributed by atoms with van der Waals surface area (Å²) < 4.78 is 4.58. The molecule has 62 valence electrons. The lowest BCUT2D eigenvalue weighted by atomic mass is 10.2. The van der Waals surface area contributed by atoms with Crippen molar-refractivity contribution in [2.24, 2.45) is 4.99 Å². The normalized spacial score (nSPS) is 23.5. The Labute approximate surface area is 65.6 Å². The van der Waals surface area contributed by atoms with Crippen molar-refractivity contribution in [1.82, 2.24) is 5.32 Å². The average Bonchev–Trinajstić information content (AvgIpc) is 2.03. The Morgan fingerprint density at radius 3 is 3.09 bits per heavy atom. The van der Waals surface area contributed by atoms with Crippen LogP contribution in [0.3, 0.4) is 0 Å². The Morgan fingerprint density at radius 2 is 2.55 bits per heavy atom. The topological polar surface area (TPSA) is 50.7 Å². The van der Waals surface area contributed by atoms with Crippen molar-refractivity contribution in [3.8, 4) is 0 Å². The minimum atomic E-state index is -0.209. The molecule has 1 aliphatic rings. The van der Waals surface area contributed by atoms with Crippen LogP contribution in [0.15, 0.2) is 4.99 Å². The van der Waals surface area contributed by atoms with Gasteiger partial charge in [0.25, 0.3) is 0 Å². The van der Waals surface area contributed by atoms with Crippen molar-refractivity contribution in [3.63, 3.8) is 0 Å². The minimum Gasteiger partial charge on any atom is -0.467 e. The zero-order valence-corrected chi connectivity index (χ0v) is 6.76. The SMILES string of the molecule is COC(=O)[C@@H]1CCN=C(C)N1. The Balaban J connectivity index is 2.50. The third-order valence-corrected chi connectivity index (χ3v) is 1.64. The van der Waals surface area contributed by atoms with Crippen LogP contribution in [-0.2, 0) is 9.53 Å². The van der Waals surface area contributed by atoms with Gasteiger partial charge in [-0.2, -0.15) is 0 Å². The summed E-state index contributed by atoms with van der Waals surface area (Å²) in [6, 6.07) is -0.197. The zero-order valence-electron chi connectivity index (χ0n) is 6.76. The van der Waals surface area contributed by atoms with Crippen LogP contribution in [0.5, 0.6) is 0 Å². The van der Waals surface area contributed by atoms with Crippen LogP contribution < -0.4 is 5.32 Å². The van der Waals surface area contributed by atoms with E-state index in [4.69, 9.17) is 0 Å². The highest BCUT2D eigenvalue weighted by Crippen LogP contribution is 2.00. The van der Waals surface area contributed by atoms with E-state index >= 15 is 0 Å². The van der Waals surface area contributed by atoms with Crippen LogP contribution in [0.2, 0.25) is 0 Å². The Bertz CT molecular complexity index is 189. The van der Waals surface area contributed by atoms with Crippen LogP contribution in [0.25, 0.3) is 0 Å². The number of ether oxygens (including phenoxy) is 1. The number of methoxy groups -OCH3 is 1. The molecule has 1 aliphatic heterocycles. The molecule has 0 aromatic rings. The van der Waals surface area contributed by atoms with E-state index in [9.17, 15) is 4.79 Å². The number of hydrogen-bond donors (Lipinski definition) is 1. The standard InChI is InChI=1S/C7H12N2O2/c1-5-8-4-3-6(9-5)7(10)11-2/h6H,3-4H2,1-2H3,(H,8,9)/t6-/m0/s1. The van der Waals surface area contributed by atoms with Gasteiger partial charge in [-0.1, -0.05) is 0 Å². The Hall–Kier alpha value is -1.06. The molecule has 0 aliphatic carbocycles. The first-order chi connectivity index (χ1) is 5.24. The van der Waals surface area contributed by atoms with Crippen molar-refractivity contribution in [1.29, 1.82) is 0 Å². The minimum absolute atomic E-state index is 0.197. The smallest absolute Gasteiger partial charge is 0.328 e. The van der Waals surface area contributed by atoms with E-state index in [0.29, 0.717) is 6.54 Å². The summed E-state index contributed by atoms with van der Waals surface area (Å²) in [5, 5.41) is 2.94. The Morgan fingerprint density at radius 1 is 1.82 bits per heavy atom. The molecule has 0 unspecified atom stereocenters. The maximum Gasteiger partial charge on any atom is 0.328 e. The molecule has 11 heavy (non-hydrogen) atoms. The molecule has 0 amide bonds. The highest BCUT2D eigenvalue weighted by Gasteiger charge is 2.20.